The first-order chi connectivity index (χ1) is 16.5. The van der Waals surface area contributed by atoms with E-state index in [2.05, 4.69) is 10.6 Å². The van der Waals surface area contributed by atoms with Gasteiger partial charge >= 0.3 is 0 Å². The van der Waals surface area contributed by atoms with Gasteiger partial charge in [-0.05, 0) is 54.3 Å². The molecule has 7 heteroatoms. The number of fused-ring (bicyclic) bond motifs is 1. The number of carbonyl (C=O) groups excluding carboxylic acids is 1. The van der Waals surface area contributed by atoms with Crippen LogP contribution in [0.25, 0.3) is 10.9 Å². The molecule has 4 aromatic rings. The zero-order valence-electron chi connectivity index (χ0n) is 19.4. The van der Waals surface area contributed by atoms with Crippen LogP contribution in [0, 0.1) is 6.92 Å². The van der Waals surface area contributed by atoms with Crippen LogP contribution in [0.1, 0.15) is 11.1 Å². The summed E-state index contributed by atoms with van der Waals surface area (Å²) in [7, 11) is 3.09. The van der Waals surface area contributed by atoms with Crippen molar-refractivity contribution in [3.63, 3.8) is 0 Å². The van der Waals surface area contributed by atoms with E-state index in [9.17, 15) is 9.59 Å². The summed E-state index contributed by atoms with van der Waals surface area (Å²) in [5.41, 5.74) is 3.58. The second kappa shape index (κ2) is 10.1. The first-order valence-corrected chi connectivity index (χ1v) is 10.9. The van der Waals surface area contributed by atoms with Gasteiger partial charge in [-0.25, -0.2) is 0 Å². The van der Waals surface area contributed by atoms with E-state index >= 15 is 0 Å². The van der Waals surface area contributed by atoms with E-state index in [-0.39, 0.29) is 18.0 Å². The third kappa shape index (κ3) is 5.04. The number of nitrogens with zero attached hydrogens (tertiary/aromatic N) is 1. The molecular weight excluding hydrogens is 430 g/mol. The highest BCUT2D eigenvalue weighted by Crippen LogP contribution is 2.29. The van der Waals surface area contributed by atoms with Gasteiger partial charge in [-0.2, -0.15) is 0 Å². The van der Waals surface area contributed by atoms with Crippen molar-refractivity contribution in [3.05, 3.63) is 94.3 Å². The molecule has 0 atom stereocenters. The molecule has 0 saturated carbocycles. The summed E-state index contributed by atoms with van der Waals surface area (Å²) in [4.78, 5) is 26.3. The molecule has 0 fully saturated rings. The van der Waals surface area contributed by atoms with Gasteiger partial charge in [0.25, 0.3) is 5.56 Å². The first-order valence-electron chi connectivity index (χ1n) is 10.9. The van der Waals surface area contributed by atoms with Gasteiger partial charge in [-0.3, -0.25) is 14.2 Å². The maximum Gasteiger partial charge on any atom is 0.256 e. The molecule has 0 aliphatic rings. The molecule has 0 aliphatic heterocycles. The quantitative estimate of drug-likeness (QED) is 0.405. The van der Waals surface area contributed by atoms with Gasteiger partial charge in [0.1, 0.15) is 6.54 Å². The number of rotatable bonds is 8. The highest BCUT2D eigenvalue weighted by atomic mass is 16.5. The Balaban J connectivity index is 1.63. The van der Waals surface area contributed by atoms with Gasteiger partial charge in [-0.15, -0.1) is 0 Å². The SMILES string of the molecule is COc1ccc(NC(=O)Cn2c(=O)c(CNc3ccccc3)cc3ccc(C)cc32)cc1OC. The third-order valence-electron chi connectivity index (χ3n) is 5.55. The van der Waals surface area contributed by atoms with E-state index in [1.165, 1.54) is 11.7 Å². The normalized spacial score (nSPS) is 10.7. The summed E-state index contributed by atoms with van der Waals surface area (Å²) in [6, 6.07) is 22.6. The molecule has 3 aromatic carbocycles. The van der Waals surface area contributed by atoms with E-state index in [1.807, 2.05) is 61.5 Å². The fourth-order valence-electron chi connectivity index (χ4n) is 3.84. The van der Waals surface area contributed by atoms with Gasteiger partial charge in [0.05, 0.1) is 19.7 Å². The van der Waals surface area contributed by atoms with Crippen molar-refractivity contribution < 1.29 is 14.3 Å². The maximum absolute atomic E-state index is 13.4. The van der Waals surface area contributed by atoms with Crippen LogP contribution in [0.2, 0.25) is 0 Å². The Labute approximate surface area is 197 Å². The van der Waals surface area contributed by atoms with Gasteiger partial charge in [0, 0.05) is 29.5 Å². The smallest absolute Gasteiger partial charge is 0.256 e. The molecule has 0 radical (unpaired) electrons. The van der Waals surface area contributed by atoms with Crippen LogP contribution in [-0.4, -0.2) is 24.7 Å². The Kier molecular flexibility index (Phi) is 6.82. The minimum absolute atomic E-state index is 0.119. The van der Waals surface area contributed by atoms with Crippen LogP contribution >= 0.6 is 0 Å². The fourth-order valence-corrected chi connectivity index (χ4v) is 3.84. The van der Waals surface area contributed by atoms with Crippen molar-refractivity contribution >= 4 is 28.2 Å². The molecule has 0 aliphatic carbocycles. The van der Waals surface area contributed by atoms with Gasteiger partial charge in [0.15, 0.2) is 11.5 Å². The van der Waals surface area contributed by atoms with Crippen LogP contribution in [0.4, 0.5) is 11.4 Å². The maximum atomic E-state index is 13.4. The number of benzene rings is 3. The number of anilines is 2. The Hall–Kier alpha value is -4.26. The van der Waals surface area contributed by atoms with Crippen LogP contribution in [0.3, 0.4) is 0 Å². The number of aromatic nitrogens is 1. The molecule has 2 N–H and O–H groups in total. The van der Waals surface area contributed by atoms with Crippen molar-refractivity contribution in [2.45, 2.75) is 20.0 Å². The minimum atomic E-state index is -0.315. The predicted molar refractivity (Wildman–Crippen MR) is 135 cm³/mol. The van der Waals surface area contributed by atoms with Crippen molar-refractivity contribution in [2.24, 2.45) is 0 Å². The first kappa shape index (κ1) is 22.9. The van der Waals surface area contributed by atoms with Gasteiger partial charge in [0.2, 0.25) is 5.91 Å². The van der Waals surface area contributed by atoms with Gasteiger partial charge < -0.3 is 20.1 Å². The molecule has 0 spiro atoms. The Morgan fingerprint density at radius 1 is 0.882 bits per heavy atom. The van der Waals surface area contributed by atoms with Crippen LogP contribution in [-0.2, 0) is 17.9 Å². The molecule has 0 unspecified atom stereocenters. The number of para-hydroxylation sites is 1. The largest absolute Gasteiger partial charge is 0.493 e. The number of aryl methyl sites for hydroxylation is 1. The summed E-state index contributed by atoms with van der Waals surface area (Å²) in [6.45, 7) is 2.19. The molecule has 0 saturated heterocycles. The lowest BCUT2D eigenvalue weighted by atomic mass is 10.1. The second-order valence-electron chi connectivity index (χ2n) is 7.96. The van der Waals surface area contributed by atoms with Gasteiger partial charge in [-0.1, -0.05) is 30.3 Å². The predicted octanol–water partition coefficient (Wildman–Crippen LogP) is 4.58. The average Bonchev–Trinajstić information content (AvgIpc) is 2.85. The van der Waals surface area contributed by atoms with E-state index in [0.29, 0.717) is 29.3 Å². The number of pyridine rings is 1. The van der Waals surface area contributed by atoms with E-state index < -0.39 is 0 Å². The number of ether oxygens (including phenoxy) is 2. The molecule has 174 valence electrons. The lowest BCUT2D eigenvalue weighted by molar-refractivity contribution is -0.116. The van der Waals surface area contributed by atoms with Crippen LogP contribution in [0.15, 0.2) is 77.6 Å². The average molecular weight is 458 g/mol. The highest BCUT2D eigenvalue weighted by Gasteiger charge is 2.14. The summed E-state index contributed by atoms with van der Waals surface area (Å²) in [5.74, 6) is 0.759. The zero-order valence-corrected chi connectivity index (χ0v) is 19.4. The Morgan fingerprint density at radius 2 is 1.65 bits per heavy atom. The van der Waals surface area contributed by atoms with E-state index in [4.69, 9.17) is 9.47 Å². The number of hydrogen-bond acceptors (Lipinski definition) is 5. The van der Waals surface area contributed by atoms with E-state index in [0.717, 1.165) is 22.2 Å². The second-order valence-corrected chi connectivity index (χ2v) is 7.96. The summed E-state index contributed by atoms with van der Waals surface area (Å²) >= 11 is 0. The molecular formula is C27H27N3O4. The monoisotopic (exact) mass is 457 g/mol. The molecule has 7 nitrogen and oxygen atoms in total. The van der Waals surface area contributed by atoms with Crippen LogP contribution in [0.5, 0.6) is 11.5 Å². The summed E-state index contributed by atoms with van der Waals surface area (Å²) < 4.78 is 12.1. The number of methoxy groups -OCH3 is 2. The molecule has 1 amide bonds. The standard InChI is InChI=1S/C27H27N3O4/c1-18-9-10-19-14-20(16-28-21-7-5-4-6-8-21)27(32)30(23(19)13-18)17-26(31)29-22-11-12-24(33-2)25(15-22)34-3/h4-15,28H,16-17H2,1-3H3,(H,29,31). The lowest BCUT2D eigenvalue weighted by Crippen LogP contribution is -2.30. The molecule has 1 heterocycles. The summed E-state index contributed by atoms with van der Waals surface area (Å²) in [6.07, 6.45) is 0. The number of nitrogens with one attached hydrogen (secondary N) is 2. The fraction of sp³-hybridized carbons (Fsp3) is 0.185. The topological polar surface area (TPSA) is 81.6 Å². The molecule has 4 rings (SSSR count). The Bertz CT molecular complexity index is 1380. The van der Waals surface area contributed by atoms with E-state index in [1.54, 1.807) is 25.3 Å². The molecule has 1 aromatic heterocycles. The molecule has 0 bridgehead atoms. The number of hydrogen-bond donors (Lipinski definition) is 2. The molecule has 34 heavy (non-hydrogen) atoms. The Morgan fingerprint density at radius 3 is 2.38 bits per heavy atom. The van der Waals surface area contributed by atoms with Crippen LogP contribution < -0.4 is 25.7 Å². The van der Waals surface area contributed by atoms with Crippen molar-refractivity contribution in [3.8, 4) is 11.5 Å². The summed E-state index contributed by atoms with van der Waals surface area (Å²) in [5, 5.41) is 7.03. The zero-order chi connectivity index (χ0) is 24.1. The van der Waals surface area contributed by atoms with Crippen molar-refractivity contribution in [1.82, 2.24) is 4.57 Å². The number of amides is 1. The van der Waals surface area contributed by atoms with Crippen molar-refractivity contribution in [2.75, 3.05) is 24.9 Å². The minimum Gasteiger partial charge on any atom is -0.493 e. The third-order valence-corrected chi connectivity index (χ3v) is 5.55. The number of carbonyl (C=O) groups is 1. The lowest BCUT2D eigenvalue weighted by Gasteiger charge is -2.15. The van der Waals surface area contributed by atoms with Crippen molar-refractivity contribution in [1.29, 1.82) is 0 Å². The highest BCUT2D eigenvalue weighted by molar-refractivity contribution is 5.92.